The van der Waals surface area contributed by atoms with Crippen LogP contribution in [0.1, 0.15) is 11.3 Å². The van der Waals surface area contributed by atoms with Gasteiger partial charge in [-0.2, -0.15) is 5.10 Å². The van der Waals surface area contributed by atoms with E-state index in [1.165, 1.54) is 0 Å². The summed E-state index contributed by atoms with van der Waals surface area (Å²) in [5.74, 6) is 0. The van der Waals surface area contributed by atoms with Crippen LogP contribution in [0.15, 0.2) is 67.0 Å². The summed E-state index contributed by atoms with van der Waals surface area (Å²) >= 11 is 5.99. The molecule has 0 radical (unpaired) electrons. The summed E-state index contributed by atoms with van der Waals surface area (Å²) in [7, 11) is 0. The van der Waals surface area contributed by atoms with E-state index in [1.807, 2.05) is 65.5 Å². The van der Waals surface area contributed by atoms with Gasteiger partial charge in [-0.25, -0.2) is 9.36 Å². The summed E-state index contributed by atoms with van der Waals surface area (Å²) in [5, 5.41) is 22.6. The van der Waals surface area contributed by atoms with Crippen molar-refractivity contribution in [1.82, 2.24) is 24.8 Å². The van der Waals surface area contributed by atoms with Crippen LogP contribution in [0, 0.1) is 0 Å². The predicted octanol–water partition coefficient (Wildman–Crippen LogP) is 3.32. The van der Waals surface area contributed by atoms with E-state index in [1.54, 1.807) is 10.9 Å². The van der Waals surface area contributed by atoms with Crippen LogP contribution in [-0.4, -0.2) is 29.9 Å². The molecule has 0 amide bonds. The number of rotatable bonds is 5. The molecule has 0 aliphatic heterocycles. The molecule has 0 aliphatic carbocycles. The van der Waals surface area contributed by atoms with Gasteiger partial charge >= 0.3 is 0 Å². The van der Waals surface area contributed by atoms with Crippen molar-refractivity contribution in [1.29, 1.82) is 0 Å². The van der Waals surface area contributed by atoms with Gasteiger partial charge in [0.15, 0.2) is 0 Å². The summed E-state index contributed by atoms with van der Waals surface area (Å²) in [6.07, 6.45) is 3.71. The highest BCUT2D eigenvalue weighted by Gasteiger charge is 2.13. The van der Waals surface area contributed by atoms with Gasteiger partial charge in [-0.3, -0.25) is 0 Å². The molecule has 0 saturated carbocycles. The number of aromatic nitrogens is 5. The molecule has 2 aromatic carbocycles. The van der Waals surface area contributed by atoms with Gasteiger partial charge in [-0.05, 0) is 24.3 Å². The van der Waals surface area contributed by atoms with Crippen molar-refractivity contribution in [2.75, 3.05) is 0 Å². The number of halogens is 1. The first kappa shape index (κ1) is 16.5. The lowest BCUT2D eigenvalue weighted by atomic mass is 10.1. The van der Waals surface area contributed by atoms with E-state index in [9.17, 15) is 5.11 Å². The fourth-order valence-corrected chi connectivity index (χ4v) is 2.88. The van der Waals surface area contributed by atoms with Gasteiger partial charge in [0.25, 0.3) is 0 Å². The lowest BCUT2D eigenvalue weighted by Gasteiger charge is -2.02. The lowest BCUT2D eigenvalue weighted by molar-refractivity contribution is 0.276. The van der Waals surface area contributed by atoms with Crippen LogP contribution in [0.4, 0.5) is 0 Å². The van der Waals surface area contributed by atoms with Crippen molar-refractivity contribution in [2.45, 2.75) is 13.2 Å². The number of aliphatic hydroxyl groups is 1. The Morgan fingerprint density at radius 1 is 0.962 bits per heavy atom. The fourth-order valence-electron chi connectivity index (χ4n) is 2.75. The molecule has 0 spiro atoms. The molecule has 0 aliphatic rings. The SMILES string of the molecule is OCc1cn(Cc2cn(-c3ccc(Cl)cc3)nc2-c2ccccc2)nn1. The van der Waals surface area contributed by atoms with E-state index in [0.29, 0.717) is 17.3 Å². The molecule has 1 N–H and O–H groups in total. The highest BCUT2D eigenvalue weighted by Crippen LogP contribution is 2.24. The zero-order valence-corrected chi connectivity index (χ0v) is 14.6. The fraction of sp³-hybridized carbons (Fsp3) is 0.105. The number of aliphatic hydroxyl groups excluding tert-OH is 1. The van der Waals surface area contributed by atoms with Gasteiger partial charge in [0.1, 0.15) is 5.69 Å². The zero-order chi connectivity index (χ0) is 17.9. The van der Waals surface area contributed by atoms with E-state index in [0.717, 1.165) is 22.5 Å². The Labute approximate surface area is 155 Å². The topological polar surface area (TPSA) is 68.8 Å². The van der Waals surface area contributed by atoms with Crippen LogP contribution in [0.25, 0.3) is 16.9 Å². The Balaban J connectivity index is 1.76. The van der Waals surface area contributed by atoms with Gasteiger partial charge in [-0.15, -0.1) is 5.10 Å². The van der Waals surface area contributed by atoms with Gasteiger partial charge in [0.05, 0.1) is 30.7 Å². The first-order chi connectivity index (χ1) is 12.7. The Kier molecular flexibility index (Phi) is 4.51. The third-order valence-corrected chi connectivity index (χ3v) is 4.26. The summed E-state index contributed by atoms with van der Waals surface area (Å²) < 4.78 is 3.53. The molecule has 0 saturated heterocycles. The second-order valence-electron chi connectivity index (χ2n) is 5.86. The Bertz CT molecular complexity index is 1010. The van der Waals surface area contributed by atoms with Gasteiger partial charge in [0.2, 0.25) is 0 Å². The second kappa shape index (κ2) is 7.11. The van der Waals surface area contributed by atoms with E-state index in [2.05, 4.69) is 10.3 Å². The molecule has 0 unspecified atom stereocenters. The third-order valence-electron chi connectivity index (χ3n) is 4.01. The molecule has 2 heterocycles. The molecular weight excluding hydrogens is 350 g/mol. The van der Waals surface area contributed by atoms with Crippen molar-refractivity contribution in [3.8, 4) is 16.9 Å². The minimum Gasteiger partial charge on any atom is -0.390 e. The molecule has 6 nitrogen and oxygen atoms in total. The first-order valence-electron chi connectivity index (χ1n) is 8.13. The highest BCUT2D eigenvalue weighted by molar-refractivity contribution is 6.30. The summed E-state index contributed by atoms with van der Waals surface area (Å²) in [4.78, 5) is 0. The summed E-state index contributed by atoms with van der Waals surface area (Å²) in [6, 6.07) is 17.5. The molecule has 2 aromatic heterocycles. The normalized spacial score (nSPS) is 11.0. The average molecular weight is 366 g/mol. The van der Waals surface area contributed by atoms with Crippen LogP contribution in [0.2, 0.25) is 5.02 Å². The van der Waals surface area contributed by atoms with E-state index < -0.39 is 0 Å². The Morgan fingerprint density at radius 2 is 1.73 bits per heavy atom. The number of hydrogen-bond donors (Lipinski definition) is 1. The molecular formula is C19H16ClN5O. The number of benzene rings is 2. The standard InChI is InChI=1S/C19H16ClN5O/c20-16-6-8-18(9-7-16)25-11-15(10-24-12-17(13-26)21-23-24)19(22-25)14-4-2-1-3-5-14/h1-9,11-12,26H,10,13H2. The molecule has 130 valence electrons. The third kappa shape index (κ3) is 3.37. The lowest BCUT2D eigenvalue weighted by Crippen LogP contribution is -2.01. The van der Waals surface area contributed by atoms with Crippen LogP contribution >= 0.6 is 11.6 Å². The largest absolute Gasteiger partial charge is 0.390 e. The van der Waals surface area contributed by atoms with Gasteiger partial charge < -0.3 is 5.11 Å². The van der Waals surface area contributed by atoms with Gasteiger partial charge in [-0.1, -0.05) is 47.1 Å². The van der Waals surface area contributed by atoms with Crippen molar-refractivity contribution < 1.29 is 5.11 Å². The van der Waals surface area contributed by atoms with Crippen molar-refractivity contribution >= 4 is 11.6 Å². The van der Waals surface area contributed by atoms with Crippen LogP contribution in [0.3, 0.4) is 0 Å². The second-order valence-corrected chi connectivity index (χ2v) is 6.29. The quantitative estimate of drug-likeness (QED) is 0.589. The minimum atomic E-state index is -0.129. The monoisotopic (exact) mass is 365 g/mol. The van der Waals surface area contributed by atoms with Crippen LogP contribution in [0.5, 0.6) is 0 Å². The zero-order valence-electron chi connectivity index (χ0n) is 13.8. The average Bonchev–Trinajstić information content (AvgIpc) is 3.30. The molecule has 7 heteroatoms. The maximum absolute atomic E-state index is 9.18. The summed E-state index contributed by atoms with van der Waals surface area (Å²) in [5.41, 5.74) is 4.36. The molecule has 0 fully saturated rings. The minimum absolute atomic E-state index is 0.129. The molecule has 0 bridgehead atoms. The number of nitrogens with zero attached hydrogens (tertiary/aromatic N) is 5. The Morgan fingerprint density at radius 3 is 2.42 bits per heavy atom. The van der Waals surface area contributed by atoms with E-state index in [-0.39, 0.29) is 6.61 Å². The van der Waals surface area contributed by atoms with E-state index in [4.69, 9.17) is 16.7 Å². The van der Waals surface area contributed by atoms with Crippen molar-refractivity contribution in [3.63, 3.8) is 0 Å². The van der Waals surface area contributed by atoms with Crippen molar-refractivity contribution in [2.24, 2.45) is 0 Å². The van der Waals surface area contributed by atoms with Gasteiger partial charge in [0, 0.05) is 22.3 Å². The smallest absolute Gasteiger partial charge is 0.108 e. The molecule has 4 aromatic rings. The van der Waals surface area contributed by atoms with Crippen molar-refractivity contribution in [3.05, 3.63) is 83.3 Å². The Hall–Kier alpha value is -2.96. The maximum atomic E-state index is 9.18. The molecule has 4 rings (SSSR count). The summed E-state index contributed by atoms with van der Waals surface area (Å²) in [6.45, 7) is 0.375. The van der Waals surface area contributed by atoms with Crippen LogP contribution in [-0.2, 0) is 13.2 Å². The first-order valence-corrected chi connectivity index (χ1v) is 8.50. The molecule has 0 atom stereocenters. The van der Waals surface area contributed by atoms with Crippen LogP contribution < -0.4 is 0 Å². The maximum Gasteiger partial charge on any atom is 0.108 e. The van der Waals surface area contributed by atoms with E-state index >= 15 is 0 Å². The predicted molar refractivity (Wildman–Crippen MR) is 99.1 cm³/mol. The number of hydrogen-bond acceptors (Lipinski definition) is 4. The molecule has 26 heavy (non-hydrogen) atoms. The highest BCUT2D eigenvalue weighted by atomic mass is 35.5.